The molecule has 2 aliphatic heterocycles. The second-order valence-corrected chi connectivity index (χ2v) is 25.4. The molecule has 0 bridgehead atoms. The highest BCUT2D eigenvalue weighted by atomic mass is 15.2. The van der Waals surface area contributed by atoms with E-state index in [1.165, 1.54) is 167 Å². The van der Waals surface area contributed by atoms with Crippen molar-refractivity contribution in [1.82, 2.24) is 0 Å². The van der Waals surface area contributed by atoms with Gasteiger partial charge in [-0.1, -0.05) is 206 Å². The molecular formula is C84H60N2. The van der Waals surface area contributed by atoms with Gasteiger partial charge in [0.25, 0.3) is 0 Å². The Morgan fingerprint density at radius 3 is 0.895 bits per heavy atom. The number of benzene rings is 13. The van der Waals surface area contributed by atoms with Gasteiger partial charge in [0, 0.05) is 45.0 Å². The molecule has 13 aromatic carbocycles. The first-order valence-corrected chi connectivity index (χ1v) is 31.2. The van der Waals surface area contributed by atoms with E-state index in [1.807, 2.05) is 0 Å². The van der Waals surface area contributed by atoms with Crippen LogP contribution in [-0.2, 0) is 62.2 Å². The molecule has 0 radical (unpaired) electrons. The smallest absolute Gasteiger partial charge is 0.0493 e. The van der Waals surface area contributed by atoms with Crippen LogP contribution >= 0.6 is 0 Å². The lowest BCUT2D eigenvalue weighted by atomic mass is 9.74. The molecule has 86 heavy (non-hydrogen) atoms. The number of para-hydroxylation sites is 4. The van der Waals surface area contributed by atoms with E-state index in [1.54, 1.807) is 0 Å². The van der Waals surface area contributed by atoms with Gasteiger partial charge < -0.3 is 9.80 Å². The molecule has 2 spiro atoms. The molecule has 2 nitrogen and oxygen atoms in total. The summed E-state index contributed by atoms with van der Waals surface area (Å²) in [6, 6.07) is 104. The van der Waals surface area contributed by atoms with Crippen LogP contribution in [0.15, 0.2) is 267 Å². The van der Waals surface area contributed by atoms with Crippen molar-refractivity contribution < 1.29 is 0 Å². The van der Waals surface area contributed by atoms with Crippen molar-refractivity contribution >= 4 is 55.7 Å². The highest BCUT2D eigenvalue weighted by Gasteiger charge is 2.49. The van der Waals surface area contributed by atoms with E-state index in [2.05, 4.69) is 277 Å². The number of anilines is 6. The molecular weight excluding hydrogens is 1040 g/mol. The fraction of sp³-hybridized carbons (Fsp3) is 0.119. The third kappa shape index (κ3) is 6.84. The summed E-state index contributed by atoms with van der Waals surface area (Å²) in [7, 11) is 0. The zero-order chi connectivity index (χ0) is 56.2. The lowest BCUT2D eigenvalue weighted by molar-refractivity contribution is 0.563. The quantitative estimate of drug-likeness (QED) is 0.162. The monoisotopic (exact) mass is 1100 g/mol. The minimum absolute atomic E-state index is 0.166. The van der Waals surface area contributed by atoms with Gasteiger partial charge in [-0.3, -0.25) is 0 Å². The van der Waals surface area contributed by atoms with Gasteiger partial charge in [0.1, 0.15) is 0 Å². The average molecular weight is 1100 g/mol. The molecule has 0 aromatic heterocycles. The van der Waals surface area contributed by atoms with E-state index in [0.717, 1.165) is 51.4 Å². The Bertz CT molecular complexity index is 4590. The number of fused-ring (bicyclic) bond motifs is 18. The summed E-state index contributed by atoms with van der Waals surface area (Å²) in [5, 5.41) is 5.03. The molecule has 0 fully saturated rings. The Morgan fingerprint density at radius 2 is 0.535 bits per heavy atom. The second kappa shape index (κ2) is 18.2. The van der Waals surface area contributed by atoms with Gasteiger partial charge in [-0.2, -0.15) is 0 Å². The number of hydrogen-bond acceptors (Lipinski definition) is 2. The Morgan fingerprint density at radius 1 is 0.233 bits per heavy atom. The topological polar surface area (TPSA) is 6.48 Å². The van der Waals surface area contributed by atoms with Gasteiger partial charge in [0.15, 0.2) is 0 Å². The molecule has 4 aliphatic carbocycles. The summed E-state index contributed by atoms with van der Waals surface area (Å²) >= 11 is 0. The maximum absolute atomic E-state index is 2.64. The van der Waals surface area contributed by atoms with Crippen LogP contribution in [-0.4, -0.2) is 0 Å². The second-order valence-electron chi connectivity index (χ2n) is 25.4. The number of rotatable bonds is 4. The Labute approximate surface area is 502 Å². The van der Waals surface area contributed by atoms with Crippen LogP contribution in [0.1, 0.15) is 66.8 Å². The molecule has 0 amide bonds. The molecule has 406 valence electrons. The normalized spacial score (nSPS) is 15.7. The first kappa shape index (κ1) is 48.4. The number of aryl methyl sites for hydroxylation is 4. The Hall–Kier alpha value is -10.0. The van der Waals surface area contributed by atoms with E-state index in [-0.39, 0.29) is 10.8 Å². The van der Waals surface area contributed by atoms with Gasteiger partial charge in [-0.05, 0) is 245 Å². The number of hydrogen-bond donors (Lipinski definition) is 0. The van der Waals surface area contributed by atoms with Crippen molar-refractivity contribution in [3.8, 4) is 44.5 Å². The van der Waals surface area contributed by atoms with Crippen molar-refractivity contribution in [2.75, 3.05) is 9.80 Å². The highest BCUT2D eigenvalue weighted by Crippen LogP contribution is 2.60. The summed E-state index contributed by atoms with van der Waals surface area (Å²) in [6.45, 7) is 0. The standard InChI is InChI=1S/C84H60N2/c1-2-22-60-50-83(49-59(60)21-1)73-27-11-9-25-65(73)67-41-37-57(45-75(67)83)81-69-43-39-64(86-79-31-15-7-19-55(79)35-36-56-20-8-16-32-80(56)86)48-72(69)82(58-38-42-68-66-26-10-12-28-74(66)84(76(68)46-58)51-61-23-3-4-24-62(61)52-84)70-44-40-63(47-71(70)81)85-77-29-13-5-17-53(77)33-34-54-18-6-14-30-78(54)85/h1-32,37-48H,33-36,49-52H2. The third-order valence-electron chi connectivity index (χ3n) is 21.2. The zero-order valence-electron chi connectivity index (χ0n) is 48.0. The molecule has 0 saturated carbocycles. The molecule has 0 unspecified atom stereocenters. The fourth-order valence-corrected chi connectivity index (χ4v) is 17.4. The Kier molecular flexibility index (Phi) is 10.3. The van der Waals surface area contributed by atoms with Crippen LogP contribution in [0.4, 0.5) is 34.1 Å². The van der Waals surface area contributed by atoms with Crippen LogP contribution in [0.5, 0.6) is 0 Å². The van der Waals surface area contributed by atoms with Crippen LogP contribution < -0.4 is 9.80 Å². The SMILES string of the molecule is c1ccc2c(c1)CC1(C2)c2ccccc2-c2ccc(-c3c4ccc(N5c6ccccc6CCc6ccccc65)cc4c(-c4ccc5c(c4)C4(Cc6ccccc6C4)c4ccccc4-5)c4ccc(N5c6ccccc6CCc6ccccc65)cc34)cc21. The summed E-state index contributed by atoms with van der Waals surface area (Å²) < 4.78 is 0. The molecule has 0 saturated heterocycles. The van der Waals surface area contributed by atoms with Crippen molar-refractivity contribution in [3.05, 3.63) is 334 Å². The van der Waals surface area contributed by atoms with E-state index in [0.29, 0.717) is 0 Å². The molecule has 19 rings (SSSR count). The minimum atomic E-state index is -0.166. The van der Waals surface area contributed by atoms with Crippen LogP contribution in [0.2, 0.25) is 0 Å². The first-order chi connectivity index (χ1) is 42.6. The van der Waals surface area contributed by atoms with Crippen LogP contribution in [0.25, 0.3) is 66.1 Å². The van der Waals surface area contributed by atoms with Gasteiger partial charge in [0.2, 0.25) is 0 Å². The zero-order valence-corrected chi connectivity index (χ0v) is 48.0. The van der Waals surface area contributed by atoms with E-state index >= 15 is 0 Å². The summed E-state index contributed by atoms with van der Waals surface area (Å²) in [5.41, 5.74) is 34.7. The first-order valence-electron chi connectivity index (χ1n) is 31.2. The molecule has 2 heterocycles. The highest BCUT2D eigenvalue weighted by molar-refractivity contribution is 6.23. The average Bonchev–Trinajstić information content (AvgIpc) is 1.51. The van der Waals surface area contributed by atoms with Gasteiger partial charge in [0.05, 0.1) is 0 Å². The molecule has 0 N–H and O–H groups in total. The largest absolute Gasteiger partial charge is 0.310 e. The summed E-state index contributed by atoms with van der Waals surface area (Å²) in [4.78, 5) is 5.14. The molecule has 2 heteroatoms. The minimum Gasteiger partial charge on any atom is -0.310 e. The predicted octanol–water partition coefficient (Wildman–Crippen LogP) is 20.6. The molecule has 0 atom stereocenters. The maximum atomic E-state index is 2.64. The van der Waals surface area contributed by atoms with Gasteiger partial charge in [-0.25, -0.2) is 0 Å². The fourth-order valence-electron chi connectivity index (χ4n) is 17.4. The lowest BCUT2D eigenvalue weighted by Crippen LogP contribution is -2.25. The predicted molar refractivity (Wildman–Crippen MR) is 357 cm³/mol. The van der Waals surface area contributed by atoms with E-state index in [9.17, 15) is 0 Å². The van der Waals surface area contributed by atoms with Crippen molar-refractivity contribution in [2.24, 2.45) is 0 Å². The van der Waals surface area contributed by atoms with E-state index < -0.39 is 0 Å². The lowest BCUT2D eigenvalue weighted by Gasteiger charge is -2.30. The van der Waals surface area contributed by atoms with Crippen molar-refractivity contribution in [2.45, 2.75) is 62.2 Å². The number of nitrogens with zero attached hydrogens (tertiary/aromatic N) is 2. The van der Waals surface area contributed by atoms with Crippen molar-refractivity contribution in [3.63, 3.8) is 0 Å². The molecule has 13 aromatic rings. The van der Waals surface area contributed by atoms with E-state index in [4.69, 9.17) is 0 Å². The summed E-state index contributed by atoms with van der Waals surface area (Å²) in [5.74, 6) is 0. The Balaban J connectivity index is 0.927. The van der Waals surface area contributed by atoms with Crippen LogP contribution in [0, 0.1) is 0 Å². The summed E-state index contributed by atoms with van der Waals surface area (Å²) in [6.07, 6.45) is 7.93. The van der Waals surface area contributed by atoms with Gasteiger partial charge >= 0.3 is 0 Å². The molecule has 6 aliphatic rings. The van der Waals surface area contributed by atoms with Gasteiger partial charge in [-0.15, -0.1) is 0 Å². The maximum Gasteiger partial charge on any atom is 0.0493 e. The van der Waals surface area contributed by atoms with Crippen LogP contribution in [0.3, 0.4) is 0 Å². The van der Waals surface area contributed by atoms with Crippen molar-refractivity contribution in [1.29, 1.82) is 0 Å². The third-order valence-corrected chi connectivity index (χ3v) is 21.2.